The van der Waals surface area contributed by atoms with Crippen LogP contribution in [0.25, 0.3) is 0 Å². The van der Waals surface area contributed by atoms with E-state index in [0.29, 0.717) is 8.64 Å². The molecule has 0 heterocycles. The minimum absolute atomic E-state index is 0. The van der Waals surface area contributed by atoms with Crippen LogP contribution >= 0.6 is 24.4 Å². The fraction of sp³-hybridized carbons (Fsp3) is 0.667. The van der Waals surface area contributed by atoms with Crippen LogP contribution in [0, 0.1) is 0 Å². The Bertz CT molecular complexity index is 164. The Balaban J connectivity index is -0.000000720. The SMILES string of the molecule is S=C([S-])NCCNCCNC(=S)[S-].[Na+].[Na+]. The monoisotopic (exact) mass is 299 g/mol. The van der Waals surface area contributed by atoms with Crippen molar-refractivity contribution in [2.45, 2.75) is 0 Å². The molecule has 3 N–H and O–H groups in total. The molecule has 0 aromatic carbocycles. The maximum Gasteiger partial charge on any atom is 1.00 e. The first kappa shape index (κ1) is 22.4. The van der Waals surface area contributed by atoms with E-state index in [9.17, 15) is 0 Å². The van der Waals surface area contributed by atoms with Crippen LogP contribution in [-0.2, 0) is 25.3 Å². The summed E-state index contributed by atoms with van der Waals surface area (Å²) in [5.74, 6) is 0. The summed E-state index contributed by atoms with van der Waals surface area (Å²) in [4.78, 5) is 0. The molecule has 0 fully saturated rings. The molecule has 0 bridgehead atoms. The Hall–Kier alpha value is 2.18. The van der Waals surface area contributed by atoms with Gasteiger partial charge in [0.15, 0.2) is 0 Å². The van der Waals surface area contributed by atoms with Gasteiger partial charge in [-0.1, -0.05) is 8.64 Å². The van der Waals surface area contributed by atoms with Gasteiger partial charge >= 0.3 is 59.1 Å². The first-order valence-corrected chi connectivity index (χ1v) is 5.36. The van der Waals surface area contributed by atoms with E-state index < -0.39 is 0 Å². The van der Waals surface area contributed by atoms with Crippen molar-refractivity contribution >= 4 is 58.3 Å². The molecule has 3 nitrogen and oxygen atoms in total. The average molecular weight is 299 g/mol. The van der Waals surface area contributed by atoms with E-state index in [1.165, 1.54) is 0 Å². The zero-order valence-electron chi connectivity index (χ0n) is 8.96. The van der Waals surface area contributed by atoms with Gasteiger partial charge < -0.3 is 65.6 Å². The third-order valence-corrected chi connectivity index (χ3v) is 1.72. The molecule has 0 saturated heterocycles. The third-order valence-electron chi connectivity index (χ3n) is 1.14. The standard InChI is InChI=1S/C6H13N3S4.2Na/c10-5(11)8-3-1-7-2-4-9-6(12)13;;/h7H,1-4H2,(H2,8,10,11)(H2,9,12,13);;/q;2*+1/p-2. The van der Waals surface area contributed by atoms with Crippen LogP contribution in [0.2, 0.25) is 0 Å². The van der Waals surface area contributed by atoms with Gasteiger partial charge in [0.2, 0.25) is 0 Å². The van der Waals surface area contributed by atoms with E-state index in [1.54, 1.807) is 0 Å². The zero-order chi connectivity index (χ0) is 10.1. The molecule has 0 aromatic rings. The van der Waals surface area contributed by atoms with Crippen molar-refractivity contribution in [2.75, 3.05) is 26.2 Å². The van der Waals surface area contributed by atoms with Crippen LogP contribution in [0.3, 0.4) is 0 Å². The van der Waals surface area contributed by atoms with Crippen LogP contribution in [0.15, 0.2) is 0 Å². The van der Waals surface area contributed by atoms with E-state index >= 15 is 0 Å². The van der Waals surface area contributed by atoms with Crippen LogP contribution in [-0.4, -0.2) is 34.8 Å². The fourth-order valence-corrected chi connectivity index (χ4v) is 1.04. The molecule has 0 saturated carbocycles. The van der Waals surface area contributed by atoms with E-state index in [1.807, 2.05) is 0 Å². The average Bonchev–Trinajstić information content (AvgIpc) is 2.01. The van der Waals surface area contributed by atoms with Gasteiger partial charge in [0.05, 0.1) is 0 Å². The second-order valence-corrected chi connectivity index (χ2v) is 4.33. The molecule has 0 atom stereocenters. The van der Waals surface area contributed by atoms with Crippen molar-refractivity contribution < 1.29 is 59.1 Å². The Morgan fingerprint density at radius 1 is 0.800 bits per heavy atom. The first-order chi connectivity index (χ1) is 6.13. The van der Waals surface area contributed by atoms with E-state index in [0.717, 1.165) is 26.2 Å². The second kappa shape index (κ2) is 16.2. The van der Waals surface area contributed by atoms with Crippen molar-refractivity contribution in [1.82, 2.24) is 16.0 Å². The molecule has 0 amide bonds. The summed E-state index contributed by atoms with van der Waals surface area (Å²) in [6.07, 6.45) is 0. The summed E-state index contributed by atoms with van der Waals surface area (Å²) in [7, 11) is 0. The summed E-state index contributed by atoms with van der Waals surface area (Å²) in [5, 5.41) is 8.88. The molecule has 0 aliphatic carbocycles. The molecule has 0 aliphatic rings. The molecule has 0 aliphatic heterocycles. The van der Waals surface area contributed by atoms with Crippen molar-refractivity contribution in [2.24, 2.45) is 0 Å². The van der Waals surface area contributed by atoms with Gasteiger partial charge in [-0.05, 0) is 0 Å². The van der Waals surface area contributed by atoms with Gasteiger partial charge in [-0.2, -0.15) is 0 Å². The molecule has 76 valence electrons. The Morgan fingerprint density at radius 2 is 1.13 bits per heavy atom. The number of thiocarbonyl (C=S) groups is 2. The Morgan fingerprint density at radius 3 is 1.40 bits per heavy atom. The minimum atomic E-state index is 0. The maximum atomic E-state index is 4.66. The van der Waals surface area contributed by atoms with Gasteiger partial charge in [-0.15, -0.1) is 0 Å². The van der Waals surface area contributed by atoms with Crippen LogP contribution in [0.4, 0.5) is 0 Å². The quantitative estimate of drug-likeness (QED) is 0.195. The predicted octanol–water partition coefficient (Wildman–Crippen LogP) is -6.57. The van der Waals surface area contributed by atoms with Gasteiger partial charge in [0.1, 0.15) is 0 Å². The second-order valence-electron chi connectivity index (χ2n) is 2.18. The molecule has 15 heavy (non-hydrogen) atoms. The van der Waals surface area contributed by atoms with E-state index in [-0.39, 0.29) is 59.1 Å². The van der Waals surface area contributed by atoms with Crippen molar-refractivity contribution in [3.63, 3.8) is 0 Å². The summed E-state index contributed by atoms with van der Waals surface area (Å²) in [6.45, 7) is 3.15. The van der Waals surface area contributed by atoms with Gasteiger partial charge in [-0.3, -0.25) is 0 Å². The van der Waals surface area contributed by atoms with Crippen LogP contribution in [0.1, 0.15) is 0 Å². The van der Waals surface area contributed by atoms with Crippen molar-refractivity contribution in [3.8, 4) is 0 Å². The summed E-state index contributed by atoms with van der Waals surface area (Å²) in [6, 6.07) is 0. The zero-order valence-corrected chi connectivity index (χ0v) is 16.2. The maximum absolute atomic E-state index is 4.66. The van der Waals surface area contributed by atoms with Gasteiger partial charge in [-0.25, -0.2) is 0 Å². The predicted molar refractivity (Wildman–Crippen MR) is 68.8 cm³/mol. The normalized spacial score (nSPS) is 8.00. The van der Waals surface area contributed by atoms with Crippen LogP contribution in [0.5, 0.6) is 0 Å². The van der Waals surface area contributed by atoms with Gasteiger partial charge in [0, 0.05) is 26.2 Å². The van der Waals surface area contributed by atoms with E-state index in [4.69, 9.17) is 0 Å². The first-order valence-electron chi connectivity index (χ1n) is 3.73. The molecule has 9 heteroatoms. The molecular weight excluding hydrogens is 288 g/mol. The number of rotatable bonds is 6. The number of hydrogen-bond acceptors (Lipinski definition) is 5. The fourth-order valence-electron chi connectivity index (χ4n) is 0.631. The molecule has 0 radical (unpaired) electrons. The third kappa shape index (κ3) is 21.9. The minimum Gasteiger partial charge on any atom is -0.412 e. The van der Waals surface area contributed by atoms with Crippen molar-refractivity contribution in [1.29, 1.82) is 0 Å². The molecular formula is C6H11N3Na2S4. The summed E-state index contributed by atoms with van der Waals surface area (Å²) < 4.78 is 0.818. The Labute approximate surface area is 157 Å². The summed E-state index contributed by atoms with van der Waals surface area (Å²) in [5.41, 5.74) is 0. The molecule has 0 spiro atoms. The summed E-state index contributed by atoms with van der Waals surface area (Å²) >= 11 is 18.7. The number of nitrogens with one attached hydrogen (secondary N) is 3. The smallest absolute Gasteiger partial charge is 0.412 e. The molecule has 0 rings (SSSR count). The topological polar surface area (TPSA) is 36.1 Å². The van der Waals surface area contributed by atoms with Crippen LogP contribution < -0.4 is 75.1 Å². The van der Waals surface area contributed by atoms with E-state index in [2.05, 4.69) is 65.6 Å². The largest absolute Gasteiger partial charge is 1.00 e. The number of hydrogen-bond donors (Lipinski definition) is 3. The van der Waals surface area contributed by atoms with Gasteiger partial charge in [0.25, 0.3) is 0 Å². The molecule has 0 unspecified atom stereocenters. The Kier molecular flexibility index (Phi) is 24.1. The van der Waals surface area contributed by atoms with Crippen molar-refractivity contribution in [3.05, 3.63) is 0 Å². The molecule has 0 aromatic heterocycles.